The molecule has 0 radical (unpaired) electrons. The van der Waals surface area contributed by atoms with Crippen LogP contribution in [-0.4, -0.2) is 12.2 Å². The summed E-state index contributed by atoms with van der Waals surface area (Å²) in [5.74, 6) is 2.15. The first-order valence-electron chi connectivity index (χ1n) is 9.94. The van der Waals surface area contributed by atoms with Gasteiger partial charge in [0, 0.05) is 13.1 Å². The molecular formula is C24H24BNO3. The van der Waals surface area contributed by atoms with Gasteiger partial charge in [0.1, 0.15) is 11.5 Å². The smallest absolute Gasteiger partial charge is 0.486 e. The molecular weight excluding hydrogens is 361 g/mol. The van der Waals surface area contributed by atoms with E-state index in [4.69, 9.17) is 14.0 Å². The van der Waals surface area contributed by atoms with Gasteiger partial charge in [0.25, 0.3) is 0 Å². The normalized spacial score (nSPS) is 12.7. The summed E-state index contributed by atoms with van der Waals surface area (Å²) >= 11 is 0. The fourth-order valence-corrected chi connectivity index (χ4v) is 3.27. The summed E-state index contributed by atoms with van der Waals surface area (Å²) in [5.41, 5.74) is 2.43. The third-order valence-electron chi connectivity index (χ3n) is 4.64. The monoisotopic (exact) mass is 385 g/mol. The van der Waals surface area contributed by atoms with Crippen LogP contribution in [0, 0.1) is 0 Å². The summed E-state index contributed by atoms with van der Waals surface area (Å²) in [4.78, 5) is 2.21. The highest BCUT2D eigenvalue weighted by molar-refractivity contribution is 6.40. The molecule has 5 heteroatoms. The van der Waals surface area contributed by atoms with Crippen molar-refractivity contribution in [2.75, 3.05) is 0 Å². The standard InChI is InChI=1S/C24H24BNO3/c1-2-11-24(29-25-27-22-16-9-10-17-23(22)28-25)26(18-20-12-5-3-6-13-20)19-21-14-7-4-8-15-21/h3-17H,2,18-19H2,1H3/b24-11-. The lowest BCUT2D eigenvalue weighted by Crippen LogP contribution is -2.34. The summed E-state index contributed by atoms with van der Waals surface area (Å²) < 4.78 is 17.8. The second-order valence-corrected chi connectivity index (χ2v) is 6.87. The van der Waals surface area contributed by atoms with Crippen LogP contribution in [0.2, 0.25) is 0 Å². The number of hydrogen-bond acceptors (Lipinski definition) is 4. The van der Waals surface area contributed by atoms with Gasteiger partial charge < -0.3 is 18.9 Å². The molecule has 0 saturated carbocycles. The first-order chi connectivity index (χ1) is 14.3. The highest BCUT2D eigenvalue weighted by Gasteiger charge is 2.39. The van der Waals surface area contributed by atoms with Gasteiger partial charge in [-0.05, 0) is 35.8 Å². The van der Waals surface area contributed by atoms with E-state index in [1.54, 1.807) is 0 Å². The first-order valence-corrected chi connectivity index (χ1v) is 9.94. The van der Waals surface area contributed by atoms with E-state index in [0.717, 1.165) is 25.4 Å². The van der Waals surface area contributed by atoms with E-state index >= 15 is 0 Å². The average molecular weight is 385 g/mol. The zero-order valence-corrected chi connectivity index (χ0v) is 16.5. The Balaban J connectivity index is 1.55. The van der Waals surface area contributed by atoms with Crippen molar-refractivity contribution in [1.29, 1.82) is 0 Å². The minimum absolute atomic E-state index is 0.700. The van der Waals surface area contributed by atoms with Crippen LogP contribution in [0.3, 0.4) is 0 Å². The highest BCUT2D eigenvalue weighted by Crippen LogP contribution is 2.33. The van der Waals surface area contributed by atoms with Gasteiger partial charge in [0.2, 0.25) is 0 Å². The molecule has 0 atom stereocenters. The summed E-state index contributed by atoms with van der Waals surface area (Å²) in [7, 11) is -0.792. The van der Waals surface area contributed by atoms with Crippen LogP contribution < -0.4 is 9.31 Å². The molecule has 4 rings (SSSR count). The minimum Gasteiger partial charge on any atom is -0.486 e. The van der Waals surface area contributed by atoms with Gasteiger partial charge in [-0.25, -0.2) is 0 Å². The predicted molar refractivity (Wildman–Crippen MR) is 115 cm³/mol. The number of allylic oxidation sites excluding steroid dienone is 1. The zero-order valence-electron chi connectivity index (χ0n) is 16.5. The van der Waals surface area contributed by atoms with Gasteiger partial charge in [0.15, 0.2) is 5.88 Å². The Bertz CT molecular complexity index is 880. The van der Waals surface area contributed by atoms with Crippen LogP contribution in [0.25, 0.3) is 0 Å². The second-order valence-electron chi connectivity index (χ2n) is 6.87. The average Bonchev–Trinajstić information content (AvgIpc) is 3.17. The first kappa shape index (κ1) is 19.0. The molecule has 0 aliphatic carbocycles. The molecule has 3 aromatic carbocycles. The molecule has 146 valence electrons. The van der Waals surface area contributed by atoms with Crippen LogP contribution in [-0.2, 0) is 17.7 Å². The lowest BCUT2D eigenvalue weighted by molar-refractivity contribution is 0.163. The van der Waals surface area contributed by atoms with Crippen molar-refractivity contribution in [2.24, 2.45) is 0 Å². The molecule has 0 N–H and O–H groups in total. The molecule has 1 aliphatic rings. The van der Waals surface area contributed by atoms with Crippen LogP contribution in [0.1, 0.15) is 24.5 Å². The highest BCUT2D eigenvalue weighted by atomic mass is 16.8. The number of fused-ring (bicyclic) bond motifs is 1. The van der Waals surface area contributed by atoms with Crippen molar-refractivity contribution >= 4 is 7.32 Å². The molecule has 1 heterocycles. The summed E-state index contributed by atoms with van der Waals surface area (Å²) in [6, 6.07) is 28.4. The quantitative estimate of drug-likeness (QED) is 0.383. The molecule has 0 bridgehead atoms. The van der Waals surface area contributed by atoms with Crippen LogP contribution >= 0.6 is 0 Å². The molecule has 1 aliphatic heterocycles. The lowest BCUT2D eigenvalue weighted by atomic mass is 10.1. The molecule has 0 amide bonds. The predicted octanol–water partition coefficient (Wildman–Crippen LogP) is 5.41. The van der Waals surface area contributed by atoms with Gasteiger partial charge in [-0.1, -0.05) is 79.7 Å². The van der Waals surface area contributed by atoms with E-state index in [9.17, 15) is 0 Å². The lowest BCUT2D eigenvalue weighted by Gasteiger charge is -2.28. The Labute approximate surface area is 172 Å². The molecule has 29 heavy (non-hydrogen) atoms. The van der Waals surface area contributed by atoms with E-state index in [-0.39, 0.29) is 0 Å². The summed E-state index contributed by atoms with van der Waals surface area (Å²) in [5, 5.41) is 0. The van der Waals surface area contributed by atoms with E-state index in [1.807, 2.05) is 36.4 Å². The third kappa shape index (κ3) is 4.94. The largest absolute Gasteiger partial charge is 0.865 e. The Morgan fingerprint density at radius 3 is 1.76 bits per heavy atom. The second kappa shape index (κ2) is 9.24. The van der Waals surface area contributed by atoms with Crippen molar-refractivity contribution in [3.05, 3.63) is 108 Å². The Hall–Kier alpha value is -3.34. The summed E-state index contributed by atoms with van der Waals surface area (Å²) in [6.07, 6.45) is 2.91. The van der Waals surface area contributed by atoms with E-state index in [2.05, 4.69) is 66.4 Å². The van der Waals surface area contributed by atoms with Crippen molar-refractivity contribution < 1.29 is 14.0 Å². The maximum Gasteiger partial charge on any atom is 0.865 e. The molecule has 4 nitrogen and oxygen atoms in total. The Morgan fingerprint density at radius 2 is 1.28 bits per heavy atom. The van der Waals surface area contributed by atoms with Crippen LogP contribution in [0.4, 0.5) is 0 Å². The van der Waals surface area contributed by atoms with Crippen LogP contribution in [0.5, 0.6) is 11.5 Å². The van der Waals surface area contributed by atoms with Gasteiger partial charge in [-0.2, -0.15) is 0 Å². The van der Waals surface area contributed by atoms with Crippen molar-refractivity contribution in [3.63, 3.8) is 0 Å². The molecule has 0 saturated heterocycles. The fraction of sp³-hybridized carbons (Fsp3) is 0.167. The number of para-hydroxylation sites is 2. The van der Waals surface area contributed by atoms with E-state index in [0.29, 0.717) is 11.5 Å². The fourth-order valence-electron chi connectivity index (χ4n) is 3.27. The minimum atomic E-state index is -0.792. The SMILES string of the molecule is CC/C=C(\OB1Oc2ccccc2O1)N(Cc1ccccc1)Cc1ccccc1. The van der Waals surface area contributed by atoms with Gasteiger partial charge in [-0.15, -0.1) is 0 Å². The van der Waals surface area contributed by atoms with E-state index < -0.39 is 7.32 Å². The van der Waals surface area contributed by atoms with E-state index in [1.165, 1.54) is 11.1 Å². The Morgan fingerprint density at radius 1 is 0.793 bits per heavy atom. The van der Waals surface area contributed by atoms with Gasteiger partial charge in [-0.3, -0.25) is 0 Å². The maximum absolute atomic E-state index is 6.18. The number of nitrogens with zero attached hydrogens (tertiary/aromatic N) is 1. The topological polar surface area (TPSA) is 30.9 Å². The molecule has 0 unspecified atom stereocenters. The maximum atomic E-state index is 6.18. The number of rotatable bonds is 8. The Kier molecular flexibility index (Phi) is 6.05. The van der Waals surface area contributed by atoms with Crippen molar-refractivity contribution in [2.45, 2.75) is 26.4 Å². The van der Waals surface area contributed by atoms with Crippen molar-refractivity contribution in [1.82, 2.24) is 4.90 Å². The number of hydrogen-bond donors (Lipinski definition) is 0. The van der Waals surface area contributed by atoms with Gasteiger partial charge >= 0.3 is 7.32 Å². The molecule has 0 fully saturated rings. The molecule has 3 aromatic rings. The van der Waals surface area contributed by atoms with Crippen LogP contribution in [0.15, 0.2) is 96.9 Å². The zero-order chi connectivity index (χ0) is 19.9. The van der Waals surface area contributed by atoms with Gasteiger partial charge in [0.05, 0.1) is 0 Å². The third-order valence-corrected chi connectivity index (χ3v) is 4.64. The number of benzene rings is 3. The summed E-state index contributed by atoms with van der Waals surface area (Å²) in [6.45, 7) is 3.54. The molecule has 0 aromatic heterocycles. The molecule has 0 spiro atoms. The van der Waals surface area contributed by atoms with Crippen molar-refractivity contribution in [3.8, 4) is 11.5 Å².